The van der Waals surface area contributed by atoms with Crippen LogP contribution < -0.4 is 5.73 Å². The number of amides is 1. The summed E-state index contributed by atoms with van der Waals surface area (Å²) in [6.07, 6.45) is -2.38. The summed E-state index contributed by atoms with van der Waals surface area (Å²) < 4.78 is 4.46. The van der Waals surface area contributed by atoms with E-state index in [1.807, 2.05) is 0 Å². The van der Waals surface area contributed by atoms with E-state index in [1.54, 1.807) is 0 Å². The number of aliphatic hydroxyl groups is 2. The van der Waals surface area contributed by atoms with Crippen molar-refractivity contribution in [3.63, 3.8) is 0 Å². The number of ether oxygens (including phenoxy) is 1. The van der Waals surface area contributed by atoms with Gasteiger partial charge < -0.3 is 20.7 Å². The molecule has 0 aliphatic carbocycles. The van der Waals surface area contributed by atoms with E-state index in [2.05, 4.69) is 9.72 Å². The zero-order valence-electron chi connectivity index (χ0n) is 9.33. The molecule has 1 heterocycles. The molecule has 4 N–H and O–H groups in total. The molecule has 0 spiro atoms. The minimum atomic E-state index is -1.85. The van der Waals surface area contributed by atoms with Crippen molar-refractivity contribution >= 4 is 23.5 Å². The summed E-state index contributed by atoms with van der Waals surface area (Å²) in [5.41, 5.74) is 4.77. The van der Waals surface area contributed by atoms with Gasteiger partial charge >= 0.3 is 5.97 Å². The Labute approximate surface area is 107 Å². The molecular formula is C10H11ClN2O5. The van der Waals surface area contributed by atoms with Crippen LogP contribution in [0.2, 0.25) is 5.15 Å². The molecule has 8 heteroatoms. The van der Waals surface area contributed by atoms with Crippen molar-refractivity contribution in [2.75, 3.05) is 7.11 Å². The topological polar surface area (TPSA) is 123 Å². The Morgan fingerprint density at radius 1 is 1.50 bits per heavy atom. The molecule has 1 aromatic rings. The van der Waals surface area contributed by atoms with Crippen LogP contribution in [-0.2, 0) is 9.53 Å². The number of primary amides is 1. The van der Waals surface area contributed by atoms with Gasteiger partial charge in [-0.15, -0.1) is 0 Å². The molecule has 0 aliphatic heterocycles. The second-order valence-corrected chi connectivity index (χ2v) is 3.75. The van der Waals surface area contributed by atoms with Crippen LogP contribution in [-0.4, -0.2) is 40.3 Å². The smallest absolute Gasteiger partial charge is 0.339 e. The molecule has 2 atom stereocenters. The number of rotatable bonds is 4. The molecule has 2 unspecified atom stereocenters. The third kappa shape index (κ3) is 2.95. The van der Waals surface area contributed by atoms with E-state index >= 15 is 0 Å². The largest absolute Gasteiger partial charge is 0.465 e. The van der Waals surface area contributed by atoms with Gasteiger partial charge in [-0.05, 0) is 6.07 Å². The standard InChI is InChI=1S/C10H11ClN2O5/c1-18-10(17)4-2-5(8(11)13-3-4)6(14)7(15)9(12)16/h2-3,6-7,14-15H,1H3,(H2,12,16). The predicted molar refractivity (Wildman–Crippen MR) is 60.7 cm³/mol. The summed E-state index contributed by atoms with van der Waals surface area (Å²) in [6, 6.07) is 1.16. The van der Waals surface area contributed by atoms with Crippen LogP contribution in [0.1, 0.15) is 22.0 Å². The molecule has 0 aromatic carbocycles. The third-order valence-corrected chi connectivity index (χ3v) is 2.51. The number of esters is 1. The first-order valence-electron chi connectivity index (χ1n) is 4.77. The third-order valence-electron chi connectivity index (χ3n) is 2.20. The first-order chi connectivity index (χ1) is 8.38. The van der Waals surface area contributed by atoms with E-state index in [9.17, 15) is 19.8 Å². The molecule has 0 aliphatic rings. The number of halogens is 1. The molecule has 18 heavy (non-hydrogen) atoms. The Kier molecular flexibility index (Phi) is 4.60. The lowest BCUT2D eigenvalue weighted by Crippen LogP contribution is -2.34. The molecule has 98 valence electrons. The molecule has 1 aromatic heterocycles. The van der Waals surface area contributed by atoms with Crippen molar-refractivity contribution in [3.05, 3.63) is 28.5 Å². The molecular weight excluding hydrogens is 264 g/mol. The van der Waals surface area contributed by atoms with Crippen molar-refractivity contribution in [2.24, 2.45) is 5.73 Å². The lowest BCUT2D eigenvalue weighted by Gasteiger charge is -2.16. The number of pyridine rings is 1. The van der Waals surface area contributed by atoms with Crippen molar-refractivity contribution in [1.29, 1.82) is 0 Å². The first kappa shape index (κ1) is 14.4. The number of hydrogen-bond donors (Lipinski definition) is 3. The summed E-state index contributed by atoms with van der Waals surface area (Å²) in [5, 5.41) is 18.9. The van der Waals surface area contributed by atoms with Crippen LogP contribution in [0.25, 0.3) is 0 Å². The SMILES string of the molecule is COC(=O)c1cnc(Cl)c(C(O)C(O)C(N)=O)c1. The average Bonchev–Trinajstić information content (AvgIpc) is 2.36. The van der Waals surface area contributed by atoms with E-state index in [0.717, 1.165) is 12.3 Å². The van der Waals surface area contributed by atoms with Gasteiger partial charge in [-0.3, -0.25) is 4.79 Å². The molecule has 1 rings (SSSR count). The fourth-order valence-corrected chi connectivity index (χ4v) is 1.44. The van der Waals surface area contributed by atoms with Gasteiger partial charge in [0.15, 0.2) is 6.10 Å². The zero-order chi connectivity index (χ0) is 13.9. The van der Waals surface area contributed by atoms with Crippen LogP contribution in [0.4, 0.5) is 0 Å². The number of carbonyl (C=O) groups is 2. The van der Waals surface area contributed by atoms with Gasteiger partial charge in [-0.2, -0.15) is 0 Å². The average molecular weight is 275 g/mol. The van der Waals surface area contributed by atoms with Crippen LogP contribution in [0.15, 0.2) is 12.3 Å². The highest BCUT2D eigenvalue weighted by Crippen LogP contribution is 2.24. The number of aromatic nitrogens is 1. The normalized spacial score (nSPS) is 13.8. The summed E-state index contributed by atoms with van der Waals surface area (Å²) >= 11 is 5.70. The van der Waals surface area contributed by atoms with Crippen LogP contribution in [0.3, 0.4) is 0 Å². The zero-order valence-corrected chi connectivity index (χ0v) is 10.1. The fraction of sp³-hybridized carbons (Fsp3) is 0.300. The quantitative estimate of drug-likeness (QED) is 0.498. The number of hydrogen-bond acceptors (Lipinski definition) is 6. The monoisotopic (exact) mass is 274 g/mol. The van der Waals surface area contributed by atoms with Crippen molar-refractivity contribution in [2.45, 2.75) is 12.2 Å². The first-order valence-corrected chi connectivity index (χ1v) is 5.15. The van der Waals surface area contributed by atoms with E-state index in [4.69, 9.17) is 17.3 Å². The van der Waals surface area contributed by atoms with E-state index in [1.165, 1.54) is 7.11 Å². The maximum Gasteiger partial charge on any atom is 0.339 e. The maximum atomic E-state index is 11.3. The van der Waals surface area contributed by atoms with E-state index in [0.29, 0.717) is 0 Å². The fourth-order valence-electron chi connectivity index (χ4n) is 1.23. The predicted octanol–water partition coefficient (Wildman–Crippen LogP) is -0.599. The highest BCUT2D eigenvalue weighted by atomic mass is 35.5. The van der Waals surface area contributed by atoms with Crippen molar-refractivity contribution < 1.29 is 24.5 Å². The number of methoxy groups -OCH3 is 1. The molecule has 0 bridgehead atoms. The molecule has 0 radical (unpaired) electrons. The number of nitrogens with two attached hydrogens (primary N) is 1. The second-order valence-electron chi connectivity index (χ2n) is 3.39. The van der Waals surface area contributed by atoms with Crippen molar-refractivity contribution in [3.8, 4) is 0 Å². The Bertz CT molecular complexity index is 479. The Balaban J connectivity index is 3.15. The van der Waals surface area contributed by atoms with Crippen LogP contribution in [0, 0.1) is 0 Å². The van der Waals surface area contributed by atoms with E-state index < -0.39 is 24.1 Å². The van der Waals surface area contributed by atoms with Crippen molar-refractivity contribution in [1.82, 2.24) is 4.98 Å². The van der Waals surface area contributed by atoms with Crippen LogP contribution >= 0.6 is 11.6 Å². The van der Waals surface area contributed by atoms with Gasteiger partial charge in [-0.1, -0.05) is 11.6 Å². The molecule has 1 amide bonds. The Morgan fingerprint density at radius 3 is 2.61 bits per heavy atom. The molecule has 0 saturated heterocycles. The van der Waals surface area contributed by atoms with Gasteiger partial charge in [0, 0.05) is 11.8 Å². The highest BCUT2D eigenvalue weighted by Gasteiger charge is 2.26. The minimum absolute atomic E-state index is 0.0209. The van der Waals surface area contributed by atoms with Gasteiger partial charge in [0.25, 0.3) is 0 Å². The lowest BCUT2D eigenvalue weighted by molar-refractivity contribution is -0.131. The lowest BCUT2D eigenvalue weighted by atomic mass is 10.0. The molecule has 7 nitrogen and oxygen atoms in total. The van der Waals surface area contributed by atoms with Gasteiger partial charge in [0.1, 0.15) is 11.3 Å². The summed E-state index contributed by atoms with van der Waals surface area (Å²) in [6.45, 7) is 0. The maximum absolute atomic E-state index is 11.3. The van der Waals surface area contributed by atoms with Crippen LogP contribution in [0.5, 0.6) is 0 Å². The van der Waals surface area contributed by atoms with Gasteiger partial charge in [0.05, 0.1) is 12.7 Å². The Hall–Kier alpha value is -1.70. The summed E-state index contributed by atoms with van der Waals surface area (Å²) in [4.78, 5) is 25.7. The highest BCUT2D eigenvalue weighted by molar-refractivity contribution is 6.30. The number of aliphatic hydroxyl groups excluding tert-OH is 2. The van der Waals surface area contributed by atoms with Gasteiger partial charge in [0.2, 0.25) is 5.91 Å². The van der Waals surface area contributed by atoms with Gasteiger partial charge in [-0.25, -0.2) is 9.78 Å². The van der Waals surface area contributed by atoms with E-state index in [-0.39, 0.29) is 16.3 Å². The number of nitrogens with zero attached hydrogens (tertiary/aromatic N) is 1. The minimum Gasteiger partial charge on any atom is -0.465 e. The molecule has 0 saturated carbocycles. The summed E-state index contributed by atoms with van der Waals surface area (Å²) in [7, 11) is 1.17. The Morgan fingerprint density at radius 2 is 2.11 bits per heavy atom. The second kappa shape index (κ2) is 5.76. The summed E-state index contributed by atoms with van der Waals surface area (Å²) in [5.74, 6) is -1.82. The molecule has 0 fully saturated rings. The number of carbonyl (C=O) groups excluding carboxylic acids is 2.